The lowest BCUT2D eigenvalue weighted by molar-refractivity contribution is -0.118. The molecule has 0 bridgehead atoms. The van der Waals surface area contributed by atoms with E-state index in [4.69, 9.17) is 13.8 Å². The maximum absolute atomic E-state index is 13.6. The van der Waals surface area contributed by atoms with Gasteiger partial charge in [-0.1, -0.05) is 62.9 Å². The van der Waals surface area contributed by atoms with Gasteiger partial charge >= 0.3 is 13.4 Å². The molecule has 2 heterocycles. The number of ether oxygens (including phenoxy) is 1. The van der Waals surface area contributed by atoms with Crippen molar-refractivity contribution in [1.82, 2.24) is 14.6 Å². The van der Waals surface area contributed by atoms with Crippen LogP contribution in [0.5, 0.6) is 0 Å². The molecule has 1 aromatic heterocycles. The number of carbonyl (C=O) groups is 1. The van der Waals surface area contributed by atoms with E-state index < -0.39 is 55.1 Å². The molecule has 4 N–H and O–H groups in total. The second kappa shape index (κ2) is 13.0. The molecule has 1 aliphatic heterocycles. The molecule has 5 atom stereocenters. The Labute approximate surface area is 230 Å². The first-order valence-corrected chi connectivity index (χ1v) is 15.0. The molecular formula is C25H36N3O9PS. The van der Waals surface area contributed by atoms with E-state index in [0.717, 1.165) is 34.2 Å². The van der Waals surface area contributed by atoms with Crippen LogP contribution in [-0.4, -0.2) is 61.7 Å². The summed E-state index contributed by atoms with van der Waals surface area (Å²) in [6, 6.07) is 10.2. The van der Waals surface area contributed by atoms with Gasteiger partial charge in [0.1, 0.15) is 17.8 Å². The Hall–Kier alpha value is -2.09. The second-order valence-corrected chi connectivity index (χ2v) is 12.9. The van der Waals surface area contributed by atoms with Crippen LogP contribution in [0.25, 0.3) is 0 Å². The summed E-state index contributed by atoms with van der Waals surface area (Å²) in [5, 5.41) is 24.4. The van der Waals surface area contributed by atoms with Crippen molar-refractivity contribution in [2.24, 2.45) is 5.41 Å². The fraction of sp³-hybridized carbons (Fsp3) is 0.560. The summed E-state index contributed by atoms with van der Waals surface area (Å²) < 4.78 is 31.5. The summed E-state index contributed by atoms with van der Waals surface area (Å²) in [6.45, 7) is 6.56. The Kier molecular flexibility index (Phi) is 10.5. The molecule has 3 rings (SSSR count). The number of rotatable bonds is 13. The summed E-state index contributed by atoms with van der Waals surface area (Å²) in [4.78, 5) is 38.1. The number of benzene rings is 1. The van der Waals surface area contributed by atoms with Crippen molar-refractivity contribution < 1.29 is 33.4 Å². The zero-order valence-electron chi connectivity index (χ0n) is 22.4. The molecule has 0 radical (unpaired) electrons. The highest BCUT2D eigenvalue weighted by atomic mass is 32.2. The van der Waals surface area contributed by atoms with Crippen LogP contribution in [0.3, 0.4) is 0 Å². The van der Waals surface area contributed by atoms with E-state index in [2.05, 4.69) is 10.1 Å². The second-order valence-electron chi connectivity index (χ2n) is 10.0. The average Bonchev–Trinajstić information content (AvgIpc) is 3.12. The maximum Gasteiger partial charge on any atom is 0.405 e. The first-order valence-electron chi connectivity index (χ1n) is 12.5. The largest absolute Gasteiger partial charge is 0.405 e. The van der Waals surface area contributed by atoms with Crippen LogP contribution < -0.4 is 16.3 Å². The van der Waals surface area contributed by atoms with Gasteiger partial charge < -0.3 is 14.9 Å². The highest BCUT2D eigenvalue weighted by Gasteiger charge is 2.53. The summed E-state index contributed by atoms with van der Waals surface area (Å²) in [5.74, 6) is 0.246. The van der Waals surface area contributed by atoms with Gasteiger partial charge in [-0.25, -0.2) is 14.4 Å². The normalized spacial score (nSPS) is 24.9. The number of hydrogen-bond donors (Lipinski definition) is 4. The molecule has 39 heavy (non-hydrogen) atoms. The fourth-order valence-corrected chi connectivity index (χ4v) is 5.93. The molecule has 0 spiro atoms. The first kappa shape index (κ1) is 31.4. The van der Waals surface area contributed by atoms with Gasteiger partial charge in [0, 0.05) is 30.0 Å². The molecule has 1 aromatic carbocycles. The van der Waals surface area contributed by atoms with Crippen molar-refractivity contribution in [2.45, 2.75) is 64.7 Å². The molecule has 2 unspecified atom stereocenters. The minimum absolute atomic E-state index is 0.00507. The van der Waals surface area contributed by atoms with Gasteiger partial charge in [0.25, 0.3) is 5.56 Å². The Bertz CT molecular complexity index is 1280. The minimum atomic E-state index is -3.99. The Morgan fingerprint density at radius 2 is 1.95 bits per heavy atom. The van der Waals surface area contributed by atoms with Gasteiger partial charge in [-0.2, -0.15) is 0 Å². The zero-order chi connectivity index (χ0) is 28.8. The summed E-state index contributed by atoms with van der Waals surface area (Å²) in [6.07, 6.45) is -2.30. The lowest BCUT2D eigenvalue weighted by Crippen LogP contribution is -2.47. The summed E-state index contributed by atoms with van der Waals surface area (Å²) in [5.41, 5.74) is -3.04. The van der Waals surface area contributed by atoms with Gasteiger partial charge in [0.15, 0.2) is 11.3 Å². The number of carbonyl (C=O) groups excluding carboxylic acids is 1. The van der Waals surface area contributed by atoms with Gasteiger partial charge in [-0.15, -0.1) is 0 Å². The maximum atomic E-state index is 13.6. The number of aromatic nitrogens is 2. The molecule has 216 valence electrons. The number of nitrogens with zero attached hydrogens (tertiary/aromatic N) is 1. The van der Waals surface area contributed by atoms with Crippen molar-refractivity contribution >= 4 is 24.6 Å². The topological polar surface area (TPSA) is 169 Å². The molecule has 1 aliphatic rings. The third kappa shape index (κ3) is 7.99. The Balaban J connectivity index is 1.69. The summed E-state index contributed by atoms with van der Waals surface area (Å²) >= 11 is 1.08. The van der Waals surface area contributed by atoms with Crippen LogP contribution >= 0.6 is 19.5 Å². The van der Waals surface area contributed by atoms with Crippen LogP contribution in [0.15, 0.2) is 52.2 Å². The van der Waals surface area contributed by atoms with E-state index in [-0.39, 0.29) is 24.0 Å². The number of aromatic amines is 1. The SMILES string of the molecule is CCC(C)(C)C(=O)SCCOP(=O)(NCc1ccccc1)OC[C@H]1O[C@H](n2ccc(=O)[nH]c2=O)[C@@H](O)C1(C)O. The van der Waals surface area contributed by atoms with Crippen LogP contribution in [0.1, 0.15) is 45.9 Å². The Morgan fingerprint density at radius 3 is 2.59 bits per heavy atom. The fourth-order valence-electron chi connectivity index (χ4n) is 3.62. The molecule has 0 amide bonds. The molecule has 2 aromatic rings. The third-order valence-corrected chi connectivity index (χ3v) is 9.42. The third-order valence-electron chi connectivity index (χ3n) is 6.68. The standard InChI is InChI=1S/C25H36N3O9PS/c1-5-24(2,3)22(31)39-14-13-35-38(34,26-15-17-9-7-6-8-10-17)36-16-18-25(4,33)20(30)21(37-18)28-12-11-19(29)27-23(28)32/h6-12,18,20-21,30,33H,5,13-16H2,1-4H3,(H,26,34)(H,27,29,32)/t18-,20-,21+,25?,38?/m1/s1. The van der Waals surface area contributed by atoms with Crippen molar-refractivity contribution in [1.29, 1.82) is 0 Å². The van der Waals surface area contributed by atoms with Crippen LogP contribution in [0, 0.1) is 5.41 Å². The van der Waals surface area contributed by atoms with E-state index >= 15 is 0 Å². The quantitative estimate of drug-likeness (QED) is 0.201. The number of thioether (sulfide) groups is 1. The molecule has 0 aliphatic carbocycles. The first-order chi connectivity index (χ1) is 18.3. The smallest absolute Gasteiger partial charge is 0.385 e. The zero-order valence-corrected chi connectivity index (χ0v) is 24.1. The van der Waals surface area contributed by atoms with Gasteiger partial charge in [0.05, 0.1) is 13.2 Å². The van der Waals surface area contributed by atoms with Crippen molar-refractivity contribution in [2.75, 3.05) is 19.0 Å². The molecule has 12 nitrogen and oxygen atoms in total. The van der Waals surface area contributed by atoms with Crippen LogP contribution in [0.2, 0.25) is 0 Å². The van der Waals surface area contributed by atoms with Crippen molar-refractivity contribution in [3.8, 4) is 0 Å². The van der Waals surface area contributed by atoms with Gasteiger partial charge in [-0.05, 0) is 18.9 Å². The molecule has 1 fully saturated rings. The van der Waals surface area contributed by atoms with Crippen molar-refractivity contribution in [3.63, 3.8) is 0 Å². The highest BCUT2D eigenvalue weighted by Crippen LogP contribution is 2.46. The average molecular weight is 586 g/mol. The minimum Gasteiger partial charge on any atom is -0.385 e. The van der Waals surface area contributed by atoms with Crippen LogP contribution in [-0.2, 0) is 29.7 Å². The predicted octanol–water partition coefficient (Wildman–Crippen LogP) is 2.17. The number of nitrogens with one attached hydrogen (secondary N) is 2. The number of aliphatic hydroxyl groups is 2. The lowest BCUT2D eigenvalue weighted by Gasteiger charge is -2.28. The van der Waals surface area contributed by atoms with E-state index in [1.165, 1.54) is 6.92 Å². The van der Waals surface area contributed by atoms with Gasteiger partial charge in [0.2, 0.25) is 0 Å². The van der Waals surface area contributed by atoms with E-state index in [1.54, 1.807) is 0 Å². The van der Waals surface area contributed by atoms with E-state index in [1.807, 2.05) is 51.1 Å². The predicted molar refractivity (Wildman–Crippen MR) is 146 cm³/mol. The van der Waals surface area contributed by atoms with E-state index in [9.17, 15) is 29.2 Å². The summed E-state index contributed by atoms with van der Waals surface area (Å²) in [7, 11) is -3.99. The van der Waals surface area contributed by atoms with Crippen LogP contribution in [0.4, 0.5) is 0 Å². The molecule has 0 saturated carbocycles. The molecular weight excluding hydrogens is 549 g/mol. The lowest BCUT2D eigenvalue weighted by atomic mass is 9.92. The monoisotopic (exact) mass is 585 g/mol. The Morgan fingerprint density at radius 1 is 1.26 bits per heavy atom. The number of aliphatic hydroxyl groups excluding tert-OH is 1. The van der Waals surface area contributed by atoms with Gasteiger partial charge in [-0.3, -0.25) is 28.2 Å². The van der Waals surface area contributed by atoms with Crippen molar-refractivity contribution in [3.05, 3.63) is 69.0 Å². The highest BCUT2D eigenvalue weighted by molar-refractivity contribution is 8.13. The van der Waals surface area contributed by atoms with E-state index in [0.29, 0.717) is 6.42 Å². The number of H-pyrrole nitrogens is 1. The molecule has 14 heteroatoms. The molecule has 1 saturated heterocycles. The number of hydrogen-bond acceptors (Lipinski definition) is 10.